The molecule has 2 fully saturated rings. The van der Waals surface area contributed by atoms with Gasteiger partial charge in [-0.05, 0) is 29.6 Å². The Morgan fingerprint density at radius 1 is 0.868 bits per heavy atom. The van der Waals surface area contributed by atoms with Gasteiger partial charge in [-0.3, -0.25) is 0 Å². The third-order valence-corrected chi connectivity index (χ3v) is 6.28. The number of rotatable bonds is 13. The van der Waals surface area contributed by atoms with Gasteiger partial charge < -0.3 is 59.1 Å². The lowest BCUT2D eigenvalue weighted by atomic mass is 9.96. The number of hydrogen-bond acceptors (Lipinski definition) is 13. The number of azide groups is 1. The van der Waals surface area contributed by atoms with E-state index < -0.39 is 74.6 Å². The molecule has 2 heterocycles. The van der Waals surface area contributed by atoms with Crippen LogP contribution in [0.1, 0.15) is 12.0 Å². The van der Waals surface area contributed by atoms with Crippen LogP contribution in [0.5, 0.6) is 5.75 Å². The predicted molar refractivity (Wildman–Crippen MR) is 127 cm³/mol. The smallest absolute Gasteiger partial charge is 0.187 e. The second-order valence-electron chi connectivity index (χ2n) is 8.82. The minimum Gasteiger partial charge on any atom is -0.497 e. The second kappa shape index (κ2) is 14.9. The molecule has 214 valence electrons. The summed E-state index contributed by atoms with van der Waals surface area (Å²) in [5.41, 5.74) is 9.04. The zero-order chi connectivity index (χ0) is 27.7. The highest BCUT2D eigenvalue weighted by atomic mass is 16.7. The molecule has 1 aromatic carbocycles. The fourth-order valence-electron chi connectivity index (χ4n) is 4.17. The van der Waals surface area contributed by atoms with Gasteiger partial charge in [-0.25, -0.2) is 0 Å². The van der Waals surface area contributed by atoms with Gasteiger partial charge in [-0.2, -0.15) is 0 Å². The molecular weight excluding hydrogens is 510 g/mol. The highest BCUT2D eigenvalue weighted by molar-refractivity contribution is 5.26. The number of benzene rings is 1. The number of ether oxygens (including phenoxy) is 6. The van der Waals surface area contributed by atoms with Crippen molar-refractivity contribution in [3.8, 4) is 5.75 Å². The van der Waals surface area contributed by atoms with Gasteiger partial charge in [0.25, 0.3) is 0 Å². The molecule has 0 aliphatic carbocycles. The average molecular weight is 546 g/mol. The summed E-state index contributed by atoms with van der Waals surface area (Å²) in [6, 6.07) is 6.93. The summed E-state index contributed by atoms with van der Waals surface area (Å²) < 4.78 is 33.1. The summed E-state index contributed by atoms with van der Waals surface area (Å²) >= 11 is 0. The minimum atomic E-state index is -1.63. The van der Waals surface area contributed by atoms with Crippen LogP contribution in [-0.2, 0) is 30.3 Å². The van der Waals surface area contributed by atoms with E-state index in [1.165, 1.54) is 7.11 Å². The highest BCUT2D eigenvalue weighted by Crippen LogP contribution is 2.31. The first-order valence-corrected chi connectivity index (χ1v) is 12.1. The summed E-state index contributed by atoms with van der Waals surface area (Å²) in [7, 11) is 1.53. The molecule has 0 radical (unpaired) electrons. The van der Waals surface area contributed by atoms with Gasteiger partial charge in [-0.1, -0.05) is 17.2 Å². The van der Waals surface area contributed by atoms with Gasteiger partial charge in [0, 0.05) is 18.1 Å². The largest absolute Gasteiger partial charge is 0.497 e. The third-order valence-electron chi connectivity index (χ3n) is 6.28. The molecule has 1 aromatic rings. The van der Waals surface area contributed by atoms with E-state index in [2.05, 4.69) is 10.0 Å². The number of nitrogens with zero attached hydrogens (tertiary/aromatic N) is 3. The Balaban J connectivity index is 1.65. The Morgan fingerprint density at radius 3 is 2.18 bits per heavy atom. The lowest BCUT2D eigenvalue weighted by molar-refractivity contribution is -0.362. The molecule has 15 heteroatoms. The fourth-order valence-corrected chi connectivity index (χ4v) is 4.17. The molecular formula is C23H35N3O12. The van der Waals surface area contributed by atoms with E-state index in [-0.39, 0.29) is 19.8 Å². The molecule has 2 saturated heterocycles. The lowest BCUT2D eigenvalue weighted by Crippen LogP contribution is -2.65. The van der Waals surface area contributed by atoms with Crippen molar-refractivity contribution in [3.63, 3.8) is 0 Å². The van der Waals surface area contributed by atoms with Gasteiger partial charge in [0.1, 0.15) is 54.6 Å². The van der Waals surface area contributed by atoms with Crippen LogP contribution in [0.4, 0.5) is 0 Å². The van der Waals surface area contributed by atoms with E-state index in [0.29, 0.717) is 12.2 Å². The van der Waals surface area contributed by atoms with Crippen LogP contribution < -0.4 is 4.74 Å². The van der Waals surface area contributed by atoms with Crippen molar-refractivity contribution in [2.75, 3.05) is 33.5 Å². The van der Waals surface area contributed by atoms with Crippen molar-refractivity contribution < 1.29 is 59.1 Å². The van der Waals surface area contributed by atoms with E-state index in [1.807, 2.05) is 0 Å². The van der Waals surface area contributed by atoms with Gasteiger partial charge in [0.05, 0.1) is 26.9 Å². The van der Waals surface area contributed by atoms with Crippen LogP contribution in [0.3, 0.4) is 0 Å². The molecule has 2 aliphatic heterocycles. The molecule has 6 N–H and O–H groups in total. The predicted octanol–water partition coefficient (Wildman–Crippen LogP) is -1.44. The molecule has 38 heavy (non-hydrogen) atoms. The molecule has 0 aromatic heterocycles. The summed E-state index contributed by atoms with van der Waals surface area (Å²) in [5, 5.41) is 65.6. The number of methoxy groups -OCH3 is 1. The summed E-state index contributed by atoms with van der Waals surface area (Å²) in [6.45, 7) is -1.06. The van der Waals surface area contributed by atoms with E-state index in [4.69, 9.17) is 34.0 Å². The molecule has 15 nitrogen and oxygen atoms in total. The minimum absolute atomic E-state index is 0.000506. The standard InChI is InChI=1S/C23H35N3O12/c1-33-13-5-3-12(4-6-13)11-35-21-16(29)14(9-27)36-23(19(21)32)38-20-15(10-28)37-22(18(31)17(20)30)34-8-2-7-25-26-24/h3-6,14-23,27-32H,2,7-11H2,1H3/t14-,15-,16+,17-,18-,19-,20-,21+,22-,23+/m1/s1. The third kappa shape index (κ3) is 7.51. The molecule has 0 amide bonds. The zero-order valence-electron chi connectivity index (χ0n) is 20.8. The van der Waals surface area contributed by atoms with Crippen molar-refractivity contribution in [2.24, 2.45) is 5.11 Å². The maximum absolute atomic E-state index is 10.9. The van der Waals surface area contributed by atoms with Crippen molar-refractivity contribution in [1.82, 2.24) is 0 Å². The quantitative estimate of drug-likeness (QED) is 0.0725. The van der Waals surface area contributed by atoms with E-state index >= 15 is 0 Å². The first kappa shape index (κ1) is 30.4. The van der Waals surface area contributed by atoms with Crippen molar-refractivity contribution in [1.29, 1.82) is 0 Å². The maximum Gasteiger partial charge on any atom is 0.187 e. The van der Waals surface area contributed by atoms with Crippen LogP contribution in [0.15, 0.2) is 29.4 Å². The lowest BCUT2D eigenvalue weighted by Gasteiger charge is -2.46. The fraction of sp³-hybridized carbons (Fsp3) is 0.739. The van der Waals surface area contributed by atoms with Gasteiger partial charge >= 0.3 is 0 Å². The Hall–Kier alpha value is -2.11. The normalized spacial score (nSPS) is 35.4. The maximum atomic E-state index is 10.9. The van der Waals surface area contributed by atoms with E-state index in [1.54, 1.807) is 24.3 Å². The second-order valence-corrected chi connectivity index (χ2v) is 8.82. The Bertz CT molecular complexity index is 887. The first-order chi connectivity index (χ1) is 18.3. The topological polar surface area (TPSA) is 226 Å². The monoisotopic (exact) mass is 545 g/mol. The van der Waals surface area contributed by atoms with Crippen LogP contribution in [-0.4, -0.2) is 126 Å². The molecule has 0 bridgehead atoms. The first-order valence-electron chi connectivity index (χ1n) is 12.1. The molecule has 3 rings (SSSR count). The summed E-state index contributed by atoms with van der Waals surface area (Å²) in [5.74, 6) is 0.642. The molecule has 10 atom stereocenters. The number of aliphatic hydroxyl groups excluding tert-OH is 6. The van der Waals surface area contributed by atoms with Crippen LogP contribution in [0.2, 0.25) is 0 Å². The van der Waals surface area contributed by atoms with Gasteiger partial charge in [0.15, 0.2) is 12.6 Å². The average Bonchev–Trinajstić information content (AvgIpc) is 2.93. The van der Waals surface area contributed by atoms with Gasteiger partial charge in [0.2, 0.25) is 0 Å². The molecule has 0 spiro atoms. The Morgan fingerprint density at radius 2 is 1.55 bits per heavy atom. The molecule has 2 aliphatic rings. The zero-order valence-corrected chi connectivity index (χ0v) is 20.8. The van der Waals surface area contributed by atoms with Crippen LogP contribution in [0, 0.1) is 0 Å². The van der Waals surface area contributed by atoms with Crippen molar-refractivity contribution >= 4 is 0 Å². The molecule has 0 unspecified atom stereocenters. The van der Waals surface area contributed by atoms with Crippen LogP contribution >= 0.6 is 0 Å². The highest BCUT2D eigenvalue weighted by Gasteiger charge is 2.51. The number of aliphatic hydroxyl groups is 6. The Kier molecular flexibility index (Phi) is 11.9. The summed E-state index contributed by atoms with van der Waals surface area (Å²) in [6.07, 6.45) is -13.7. The van der Waals surface area contributed by atoms with E-state index in [9.17, 15) is 30.6 Å². The SMILES string of the molecule is COc1ccc(CO[C@H]2[C@@H](O)[C@@H](CO)O[C@@H](O[C@H]3[C@H](O)[C@@H](O)[C@H](OCCCN=[N+]=[N-])O[C@@H]3CO)[C@@H]2O)cc1. The van der Waals surface area contributed by atoms with Crippen LogP contribution in [0.25, 0.3) is 10.4 Å². The van der Waals surface area contributed by atoms with Gasteiger partial charge in [-0.15, -0.1) is 0 Å². The van der Waals surface area contributed by atoms with Crippen molar-refractivity contribution in [2.45, 2.75) is 74.4 Å². The Labute approximate surface area is 218 Å². The van der Waals surface area contributed by atoms with Crippen molar-refractivity contribution in [3.05, 3.63) is 40.3 Å². The van der Waals surface area contributed by atoms with E-state index in [0.717, 1.165) is 5.56 Å². The summed E-state index contributed by atoms with van der Waals surface area (Å²) in [4.78, 5) is 2.62. The molecule has 0 saturated carbocycles. The number of hydrogen-bond donors (Lipinski definition) is 6.